The first kappa shape index (κ1) is 15.9. The van der Waals surface area contributed by atoms with Gasteiger partial charge < -0.3 is 4.90 Å². The summed E-state index contributed by atoms with van der Waals surface area (Å²) in [6.07, 6.45) is 7.56. The summed E-state index contributed by atoms with van der Waals surface area (Å²) in [5.74, 6) is 0.419. The van der Waals surface area contributed by atoms with Crippen molar-refractivity contribution in [2.24, 2.45) is 5.92 Å². The smallest absolute Gasteiger partial charge is 0.237 e. The van der Waals surface area contributed by atoms with Gasteiger partial charge in [-0.1, -0.05) is 0 Å². The van der Waals surface area contributed by atoms with E-state index in [1.54, 1.807) is 17.3 Å². The quantitative estimate of drug-likeness (QED) is 0.854. The van der Waals surface area contributed by atoms with Gasteiger partial charge in [-0.3, -0.25) is 9.78 Å². The van der Waals surface area contributed by atoms with E-state index in [0.717, 1.165) is 25.5 Å². The van der Waals surface area contributed by atoms with E-state index < -0.39 is 10.0 Å². The summed E-state index contributed by atoms with van der Waals surface area (Å²) < 4.78 is 24.2. The lowest BCUT2D eigenvalue weighted by Crippen LogP contribution is -2.44. The van der Waals surface area contributed by atoms with Crippen LogP contribution in [0.2, 0.25) is 0 Å². The fourth-order valence-electron chi connectivity index (χ4n) is 2.54. The monoisotopic (exact) mass is 311 g/mol. The van der Waals surface area contributed by atoms with Crippen LogP contribution < -0.4 is 4.72 Å². The molecule has 0 bridgehead atoms. The van der Waals surface area contributed by atoms with E-state index in [2.05, 4.69) is 9.71 Å². The second kappa shape index (κ2) is 7.00. The number of hydrogen-bond acceptors (Lipinski definition) is 4. The zero-order valence-electron chi connectivity index (χ0n) is 12.2. The molecule has 21 heavy (non-hydrogen) atoms. The molecule has 1 N–H and O–H groups in total. The molecule has 1 aliphatic heterocycles. The first-order valence-corrected chi connectivity index (χ1v) is 8.94. The van der Waals surface area contributed by atoms with Crippen molar-refractivity contribution in [2.75, 3.05) is 25.9 Å². The first-order valence-electron chi connectivity index (χ1n) is 7.05. The van der Waals surface area contributed by atoms with Crippen LogP contribution in [0.25, 0.3) is 0 Å². The van der Waals surface area contributed by atoms with Crippen LogP contribution in [0.1, 0.15) is 18.4 Å². The lowest BCUT2D eigenvalue weighted by Gasteiger charge is -2.32. The van der Waals surface area contributed by atoms with E-state index in [4.69, 9.17) is 0 Å². The number of nitrogens with one attached hydrogen (secondary N) is 1. The average Bonchev–Trinajstić information content (AvgIpc) is 2.46. The number of likely N-dealkylation sites (tertiary alicyclic amines) is 1. The molecule has 0 aliphatic carbocycles. The van der Waals surface area contributed by atoms with Crippen LogP contribution in [0, 0.1) is 5.92 Å². The molecule has 1 amide bonds. The van der Waals surface area contributed by atoms with E-state index in [-0.39, 0.29) is 12.5 Å². The van der Waals surface area contributed by atoms with Crippen LogP contribution in [-0.4, -0.2) is 50.1 Å². The van der Waals surface area contributed by atoms with E-state index >= 15 is 0 Å². The summed E-state index contributed by atoms with van der Waals surface area (Å²) in [4.78, 5) is 17.6. The van der Waals surface area contributed by atoms with Crippen LogP contribution in [0.3, 0.4) is 0 Å². The van der Waals surface area contributed by atoms with E-state index in [9.17, 15) is 13.2 Å². The molecule has 0 aromatic carbocycles. The van der Waals surface area contributed by atoms with Crippen LogP contribution in [0.15, 0.2) is 24.5 Å². The molecule has 0 unspecified atom stereocenters. The molecule has 0 radical (unpaired) electrons. The number of pyridine rings is 1. The van der Waals surface area contributed by atoms with Gasteiger partial charge in [0.15, 0.2) is 0 Å². The topological polar surface area (TPSA) is 79.4 Å². The molecule has 1 aromatic rings. The predicted octanol–water partition coefficient (Wildman–Crippen LogP) is 0.412. The number of sulfonamides is 1. The van der Waals surface area contributed by atoms with Crippen molar-refractivity contribution in [2.45, 2.75) is 19.3 Å². The molecular formula is C14H21N3O3S. The van der Waals surface area contributed by atoms with Gasteiger partial charge in [0.25, 0.3) is 0 Å². The Morgan fingerprint density at radius 2 is 1.95 bits per heavy atom. The molecule has 1 fully saturated rings. The second-order valence-electron chi connectivity index (χ2n) is 5.48. The van der Waals surface area contributed by atoms with Crippen molar-refractivity contribution < 1.29 is 13.2 Å². The largest absolute Gasteiger partial charge is 0.342 e. The minimum absolute atomic E-state index is 0.145. The Labute approximate surface area is 125 Å². The van der Waals surface area contributed by atoms with Crippen LogP contribution in [-0.2, 0) is 21.2 Å². The van der Waals surface area contributed by atoms with Gasteiger partial charge in [-0.15, -0.1) is 0 Å². The van der Waals surface area contributed by atoms with Gasteiger partial charge in [-0.25, -0.2) is 13.1 Å². The molecule has 2 heterocycles. The molecular weight excluding hydrogens is 290 g/mol. The minimum Gasteiger partial charge on any atom is -0.342 e. The third kappa shape index (κ3) is 5.43. The minimum atomic E-state index is -3.31. The maximum Gasteiger partial charge on any atom is 0.237 e. The fourth-order valence-corrected chi connectivity index (χ4v) is 2.93. The van der Waals surface area contributed by atoms with Crippen molar-refractivity contribution in [1.82, 2.24) is 14.6 Å². The Morgan fingerprint density at radius 3 is 2.52 bits per heavy atom. The SMILES string of the molecule is CS(=O)(=O)NCC(=O)N1CCC(Cc2ccncc2)CC1. The Morgan fingerprint density at radius 1 is 1.33 bits per heavy atom. The summed E-state index contributed by atoms with van der Waals surface area (Å²) in [6.45, 7) is 1.24. The highest BCUT2D eigenvalue weighted by Crippen LogP contribution is 2.21. The molecule has 2 rings (SSSR count). The van der Waals surface area contributed by atoms with Crippen LogP contribution in [0.5, 0.6) is 0 Å². The van der Waals surface area contributed by atoms with Crippen molar-refractivity contribution in [1.29, 1.82) is 0 Å². The molecule has 1 saturated heterocycles. The Hall–Kier alpha value is -1.47. The average molecular weight is 311 g/mol. The van der Waals surface area contributed by atoms with E-state index in [1.807, 2.05) is 12.1 Å². The number of aromatic nitrogens is 1. The third-order valence-corrected chi connectivity index (χ3v) is 4.40. The molecule has 0 spiro atoms. The van der Waals surface area contributed by atoms with Gasteiger partial charge in [0, 0.05) is 25.5 Å². The van der Waals surface area contributed by atoms with Crippen LogP contribution in [0.4, 0.5) is 0 Å². The number of carbonyl (C=O) groups is 1. The standard InChI is InChI=1S/C14H21N3O3S/c1-21(19,20)16-11-14(18)17-8-4-13(5-9-17)10-12-2-6-15-7-3-12/h2-3,6-7,13,16H,4-5,8-11H2,1H3. The molecule has 0 atom stereocenters. The fraction of sp³-hybridized carbons (Fsp3) is 0.571. The van der Waals surface area contributed by atoms with Crippen molar-refractivity contribution in [3.8, 4) is 0 Å². The normalized spacial score (nSPS) is 16.9. The molecule has 7 heteroatoms. The molecule has 6 nitrogen and oxygen atoms in total. The molecule has 1 aliphatic rings. The van der Waals surface area contributed by atoms with Gasteiger partial charge in [0.1, 0.15) is 0 Å². The highest BCUT2D eigenvalue weighted by atomic mass is 32.2. The van der Waals surface area contributed by atoms with Gasteiger partial charge in [0.2, 0.25) is 15.9 Å². The zero-order valence-corrected chi connectivity index (χ0v) is 13.0. The Kier molecular flexibility index (Phi) is 5.30. The van der Waals surface area contributed by atoms with Gasteiger partial charge in [-0.05, 0) is 42.9 Å². The van der Waals surface area contributed by atoms with Crippen molar-refractivity contribution in [3.05, 3.63) is 30.1 Å². The summed E-state index contributed by atoms with van der Waals surface area (Å²) in [5.41, 5.74) is 1.27. The predicted molar refractivity (Wildman–Crippen MR) is 80.1 cm³/mol. The van der Waals surface area contributed by atoms with Crippen molar-refractivity contribution in [3.63, 3.8) is 0 Å². The zero-order chi connectivity index (χ0) is 15.3. The number of nitrogens with zero attached hydrogens (tertiary/aromatic N) is 2. The van der Waals surface area contributed by atoms with Gasteiger partial charge in [-0.2, -0.15) is 0 Å². The number of hydrogen-bond donors (Lipinski definition) is 1. The lowest BCUT2D eigenvalue weighted by molar-refractivity contribution is -0.131. The summed E-state index contributed by atoms with van der Waals surface area (Å²) in [6, 6.07) is 4.04. The van der Waals surface area contributed by atoms with Crippen LogP contribution >= 0.6 is 0 Å². The summed E-state index contributed by atoms with van der Waals surface area (Å²) in [7, 11) is -3.31. The summed E-state index contributed by atoms with van der Waals surface area (Å²) in [5, 5.41) is 0. The third-order valence-electron chi connectivity index (χ3n) is 3.73. The Balaban J connectivity index is 1.76. The summed E-state index contributed by atoms with van der Waals surface area (Å²) >= 11 is 0. The Bertz CT molecular complexity index is 566. The van der Waals surface area contributed by atoms with Gasteiger partial charge in [0.05, 0.1) is 12.8 Å². The highest BCUT2D eigenvalue weighted by Gasteiger charge is 2.23. The number of piperidine rings is 1. The molecule has 116 valence electrons. The second-order valence-corrected chi connectivity index (χ2v) is 7.31. The number of rotatable bonds is 5. The molecule has 0 saturated carbocycles. The van der Waals surface area contributed by atoms with E-state index in [0.29, 0.717) is 19.0 Å². The molecule has 1 aromatic heterocycles. The number of amides is 1. The maximum absolute atomic E-state index is 11.9. The maximum atomic E-state index is 11.9. The highest BCUT2D eigenvalue weighted by molar-refractivity contribution is 7.88. The first-order chi connectivity index (χ1) is 9.94. The van der Waals surface area contributed by atoms with Crippen molar-refractivity contribution >= 4 is 15.9 Å². The lowest BCUT2D eigenvalue weighted by atomic mass is 9.90. The van der Waals surface area contributed by atoms with E-state index in [1.165, 1.54) is 5.56 Å². The van der Waals surface area contributed by atoms with Gasteiger partial charge >= 0.3 is 0 Å². The number of carbonyl (C=O) groups excluding carboxylic acids is 1.